The maximum atomic E-state index is 12.0. The lowest BCUT2D eigenvalue weighted by atomic mass is 9.85. The van der Waals surface area contributed by atoms with E-state index >= 15 is 0 Å². The molecule has 1 aromatic carbocycles. The molecule has 0 spiro atoms. The normalized spacial score (nSPS) is 13.7. The van der Waals surface area contributed by atoms with E-state index in [1.54, 1.807) is 6.92 Å². The number of hydrogen-bond donors (Lipinski definition) is 2. The van der Waals surface area contributed by atoms with Gasteiger partial charge in [0.1, 0.15) is 0 Å². The quantitative estimate of drug-likeness (QED) is 0.719. The first-order valence-corrected chi connectivity index (χ1v) is 7.16. The van der Waals surface area contributed by atoms with Gasteiger partial charge in [0.2, 0.25) is 11.8 Å². The molecule has 0 fully saturated rings. The highest BCUT2D eigenvalue weighted by Gasteiger charge is 2.29. The third kappa shape index (κ3) is 5.95. The van der Waals surface area contributed by atoms with Gasteiger partial charge in [0.05, 0.1) is 6.61 Å². The minimum atomic E-state index is -0.513. The highest BCUT2D eigenvalue weighted by Crippen LogP contribution is 2.20. The lowest BCUT2D eigenvalue weighted by molar-refractivity contribution is -0.143. The summed E-state index contributed by atoms with van der Waals surface area (Å²) in [6, 6.07) is 9.51. The molecule has 0 aliphatic rings. The first-order valence-electron chi connectivity index (χ1n) is 7.16. The van der Waals surface area contributed by atoms with Crippen LogP contribution < -0.4 is 11.2 Å². The summed E-state index contributed by atoms with van der Waals surface area (Å²) < 4.78 is 0. The van der Waals surface area contributed by atoms with Crippen LogP contribution in [-0.2, 0) is 21.0 Å². The topological polar surface area (TPSA) is 81.4 Å². The summed E-state index contributed by atoms with van der Waals surface area (Å²) in [6.07, 6.45) is 0.586. The summed E-state index contributed by atoms with van der Waals surface area (Å²) in [5.74, 6) is -1.47. The predicted octanol–water partition coefficient (Wildman–Crippen LogP) is 2.02. The van der Waals surface area contributed by atoms with E-state index in [4.69, 9.17) is 10.6 Å². The van der Waals surface area contributed by atoms with Crippen molar-refractivity contribution in [2.45, 2.75) is 33.8 Å². The van der Waals surface area contributed by atoms with Crippen LogP contribution in [0.3, 0.4) is 0 Å². The molecule has 0 saturated carbocycles. The van der Waals surface area contributed by atoms with Crippen molar-refractivity contribution in [3.05, 3.63) is 35.9 Å². The molecule has 1 rings (SSSR count). The Morgan fingerprint density at radius 2 is 1.81 bits per heavy atom. The van der Waals surface area contributed by atoms with Crippen LogP contribution in [-0.4, -0.2) is 11.8 Å². The third-order valence-corrected chi connectivity index (χ3v) is 3.36. The Kier molecular flexibility index (Phi) is 6.88. The van der Waals surface area contributed by atoms with Crippen LogP contribution in [0.4, 0.5) is 0 Å². The van der Waals surface area contributed by atoms with Gasteiger partial charge in [0.15, 0.2) is 0 Å². The Morgan fingerprint density at radius 1 is 1.19 bits per heavy atom. The molecule has 0 unspecified atom stereocenters. The number of nitrogens with one attached hydrogen (secondary N) is 1. The summed E-state index contributed by atoms with van der Waals surface area (Å²) in [7, 11) is 0. The van der Waals surface area contributed by atoms with Crippen molar-refractivity contribution in [1.82, 2.24) is 5.48 Å². The molecule has 5 heteroatoms. The minimum absolute atomic E-state index is 0.282. The molecule has 3 N–H and O–H groups in total. The van der Waals surface area contributed by atoms with Crippen molar-refractivity contribution in [2.75, 3.05) is 0 Å². The van der Waals surface area contributed by atoms with Crippen LogP contribution in [0.25, 0.3) is 0 Å². The van der Waals surface area contributed by atoms with Gasteiger partial charge >= 0.3 is 0 Å². The van der Waals surface area contributed by atoms with Gasteiger partial charge in [-0.15, -0.1) is 0 Å². The van der Waals surface area contributed by atoms with E-state index in [0.717, 1.165) is 5.56 Å². The summed E-state index contributed by atoms with van der Waals surface area (Å²) in [4.78, 5) is 28.7. The maximum absolute atomic E-state index is 12.0. The van der Waals surface area contributed by atoms with Crippen molar-refractivity contribution in [3.8, 4) is 0 Å². The van der Waals surface area contributed by atoms with E-state index in [0.29, 0.717) is 12.3 Å². The second-order valence-corrected chi connectivity index (χ2v) is 5.67. The molecule has 116 valence electrons. The molecule has 1 aromatic rings. The Bertz CT molecular complexity index is 460. The van der Waals surface area contributed by atoms with Gasteiger partial charge in [0, 0.05) is 11.8 Å². The minimum Gasteiger partial charge on any atom is -0.369 e. The molecule has 0 heterocycles. The molecule has 21 heavy (non-hydrogen) atoms. The predicted molar refractivity (Wildman–Crippen MR) is 80.7 cm³/mol. The summed E-state index contributed by atoms with van der Waals surface area (Å²) >= 11 is 0. The van der Waals surface area contributed by atoms with Gasteiger partial charge in [-0.1, -0.05) is 51.1 Å². The molecule has 0 aliphatic heterocycles. The van der Waals surface area contributed by atoms with Gasteiger partial charge in [-0.05, 0) is 17.9 Å². The van der Waals surface area contributed by atoms with E-state index in [-0.39, 0.29) is 12.5 Å². The van der Waals surface area contributed by atoms with E-state index in [1.807, 2.05) is 44.2 Å². The van der Waals surface area contributed by atoms with Gasteiger partial charge in [-0.25, -0.2) is 5.48 Å². The summed E-state index contributed by atoms with van der Waals surface area (Å²) in [6.45, 7) is 5.96. The van der Waals surface area contributed by atoms with Crippen LogP contribution in [0, 0.1) is 17.8 Å². The number of benzene rings is 1. The molecular formula is C16H24N2O3. The standard InChI is InChI=1S/C16H24N2O3/c1-11(2)9-14(15(17)19)12(3)16(20)18-21-10-13-7-5-4-6-8-13/h4-8,11-12,14H,9-10H2,1-3H3,(H2,17,19)(H,18,20)/t12-,14+/m0/s1. The van der Waals surface area contributed by atoms with Crippen molar-refractivity contribution < 1.29 is 14.4 Å². The van der Waals surface area contributed by atoms with E-state index in [2.05, 4.69) is 5.48 Å². The van der Waals surface area contributed by atoms with Crippen molar-refractivity contribution in [1.29, 1.82) is 0 Å². The number of rotatable bonds is 8. The van der Waals surface area contributed by atoms with Gasteiger partial charge in [-0.2, -0.15) is 0 Å². The average molecular weight is 292 g/mol. The number of carbonyl (C=O) groups excluding carboxylic acids is 2. The largest absolute Gasteiger partial charge is 0.369 e. The molecule has 0 saturated heterocycles. The monoisotopic (exact) mass is 292 g/mol. The Labute approximate surface area is 125 Å². The number of hydrogen-bond acceptors (Lipinski definition) is 3. The number of primary amides is 1. The molecule has 0 radical (unpaired) electrons. The van der Waals surface area contributed by atoms with Crippen LogP contribution >= 0.6 is 0 Å². The lowest BCUT2D eigenvalue weighted by Crippen LogP contribution is -2.39. The third-order valence-electron chi connectivity index (χ3n) is 3.36. The lowest BCUT2D eigenvalue weighted by Gasteiger charge is -2.21. The van der Waals surface area contributed by atoms with Crippen molar-refractivity contribution in [2.24, 2.45) is 23.5 Å². The second kappa shape index (κ2) is 8.42. The van der Waals surface area contributed by atoms with Crippen LogP contribution in [0.1, 0.15) is 32.8 Å². The number of nitrogens with two attached hydrogens (primary N) is 1. The highest BCUT2D eigenvalue weighted by molar-refractivity contribution is 5.86. The van der Waals surface area contributed by atoms with E-state index < -0.39 is 17.7 Å². The number of amides is 2. The average Bonchev–Trinajstić information content (AvgIpc) is 2.44. The first kappa shape index (κ1) is 17.2. The summed E-state index contributed by atoms with van der Waals surface area (Å²) in [5, 5.41) is 0. The molecule has 0 bridgehead atoms. The SMILES string of the molecule is CC(C)C[C@@H](C(N)=O)[C@H](C)C(=O)NOCc1ccccc1. The molecule has 2 amide bonds. The zero-order valence-corrected chi connectivity index (χ0v) is 12.8. The smallest absolute Gasteiger partial charge is 0.247 e. The Morgan fingerprint density at radius 3 is 2.33 bits per heavy atom. The summed E-state index contributed by atoms with van der Waals surface area (Å²) in [5.41, 5.74) is 8.73. The molecule has 2 atom stereocenters. The molecule has 5 nitrogen and oxygen atoms in total. The van der Waals surface area contributed by atoms with Crippen LogP contribution in [0.5, 0.6) is 0 Å². The number of hydroxylamine groups is 1. The molecule has 0 aliphatic carbocycles. The van der Waals surface area contributed by atoms with Crippen LogP contribution in [0.15, 0.2) is 30.3 Å². The molecular weight excluding hydrogens is 268 g/mol. The van der Waals surface area contributed by atoms with Gasteiger partial charge in [0.25, 0.3) is 0 Å². The fraction of sp³-hybridized carbons (Fsp3) is 0.500. The highest BCUT2D eigenvalue weighted by atomic mass is 16.6. The fourth-order valence-electron chi connectivity index (χ4n) is 2.11. The van der Waals surface area contributed by atoms with Crippen molar-refractivity contribution in [3.63, 3.8) is 0 Å². The first-order chi connectivity index (χ1) is 9.91. The Hall–Kier alpha value is -1.88. The number of carbonyl (C=O) groups is 2. The van der Waals surface area contributed by atoms with Crippen LogP contribution in [0.2, 0.25) is 0 Å². The zero-order chi connectivity index (χ0) is 15.8. The van der Waals surface area contributed by atoms with Gasteiger partial charge in [-0.3, -0.25) is 14.4 Å². The second-order valence-electron chi connectivity index (χ2n) is 5.67. The van der Waals surface area contributed by atoms with E-state index in [1.165, 1.54) is 0 Å². The van der Waals surface area contributed by atoms with Crippen molar-refractivity contribution >= 4 is 11.8 Å². The maximum Gasteiger partial charge on any atom is 0.247 e. The van der Waals surface area contributed by atoms with Gasteiger partial charge < -0.3 is 5.73 Å². The van der Waals surface area contributed by atoms with E-state index in [9.17, 15) is 9.59 Å². The Balaban J connectivity index is 2.47. The molecule has 0 aromatic heterocycles. The zero-order valence-electron chi connectivity index (χ0n) is 12.8. The fourth-order valence-corrected chi connectivity index (χ4v) is 2.11.